The van der Waals surface area contributed by atoms with Crippen LogP contribution < -0.4 is 5.32 Å². The molecule has 1 aromatic carbocycles. The number of rotatable bonds is 8. The van der Waals surface area contributed by atoms with E-state index in [-0.39, 0.29) is 22.5 Å². The van der Waals surface area contributed by atoms with Crippen molar-refractivity contribution in [2.24, 2.45) is 0 Å². The minimum Gasteiger partial charge on any atom is -0.377 e. The predicted octanol–water partition coefficient (Wildman–Crippen LogP) is 4.20. The zero-order chi connectivity index (χ0) is 15.2. The summed E-state index contributed by atoms with van der Waals surface area (Å²) in [6.07, 6.45) is 2.72. The van der Waals surface area contributed by atoms with Crippen molar-refractivity contribution in [3.05, 3.63) is 34.6 Å². The van der Waals surface area contributed by atoms with Gasteiger partial charge in [-0.3, -0.25) is 0 Å². The molecule has 4 heteroatoms. The molecular formula is C16H25ClFNO. The summed E-state index contributed by atoms with van der Waals surface area (Å²) in [7, 11) is 1.74. The van der Waals surface area contributed by atoms with E-state index in [1.54, 1.807) is 19.2 Å². The average Bonchev–Trinajstić information content (AvgIpc) is 2.46. The predicted molar refractivity (Wildman–Crippen MR) is 82.9 cm³/mol. The van der Waals surface area contributed by atoms with Gasteiger partial charge < -0.3 is 10.1 Å². The molecule has 0 amide bonds. The van der Waals surface area contributed by atoms with Crippen LogP contribution in [-0.4, -0.2) is 25.3 Å². The standard InChI is InChI=1S/C16H25ClFNO/c1-5-9-19-15(16(3,6-2)20-4)11-12-7-8-14(18)13(17)10-12/h7-8,10,15,19H,5-6,9,11H2,1-4H3. The average molecular weight is 302 g/mol. The molecule has 114 valence electrons. The first-order valence-electron chi connectivity index (χ1n) is 7.19. The Labute approximate surface area is 126 Å². The Morgan fingerprint density at radius 1 is 1.40 bits per heavy atom. The maximum Gasteiger partial charge on any atom is 0.141 e. The van der Waals surface area contributed by atoms with Crippen LogP contribution in [0.2, 0.25) is 5.02 Å². The van der Waals surface area contributed by atoms with Crippen molar-refractivity contribution in [3.8, 4) is 0 Å². The molecule has 0 spiro atoms. The van der Waals surface area contributed by atoms with Gasteiger partial charge in [0.1, 0.15) is 5.82 Å². The second-order valence-electron chi connectivity index (χ2n) is 5.33. The Morgan fingerprint density at radius 3 is 2.60 bits per heavy atom. The number of hydrogen-bond acceptors (Lipinski definition) is 2. The molecule has 1 aromatic rings. The fraction of sp³-hybridized carbons (Fsp3) is 0.625. The minimum atomic E-state index is -0.376. The fourth-order valence-electron chi connectivity index (χ4n) is 2.26. The molecule has 2 unspecified atom stereocenters. The first-order chi connectivity index (χ1) is 9.46. The number of halogens is 2. The van der Waals surface area contributed by atoms with Gasteiger partial charge in [0, 0.05) is 13.2 Å². The highest BCUT2D eigenvalue weighted by molar-refractivity contribution is 6.30. The van der Waals surface area contributed by atoms with E-state index in [0.29, 0.717) is 0 Å². The van der Waals surface area contributed by atoms with E-state index >= 15 is 0 Å². The highest BCUT2D eigenvalue weighted by Gasteiger charge is 2.32. The van der Waals surface area contributed by atoms with Crippen LogP contribution in [0, 0.1) is 5.82 Å². The number of benzene rings is 1. The fourth-order valence-corrected chi connectivity index (χ4v) is 2.46. The maximum atomic E-state index is 13.2. The van der Waals surface area contributed by atoms with Crippen LogP contribution >= 0.6 is 11.6 Å². The van der Waals surface area contributed by atoms with Crippen LogP contribution in [-0.2, 0) is 11.2 Å². The zero-order valence-electron chi connectivity index (χ0n) is 12.8. The number of methoxy groups -OCH3 is 1. The van der Waals surface area contributed by atoms with Gasteiger partial charge in [-0.15, -0.1) is 0 Å². The van der Waals surface area contributed by atoms with E-state index in [1.807, 2.05) is 0 Å². The topological polar surface area (TPSA) is 21.3 Å². The molecule has 0 fully saturated rings. The van der Waals surface area contributed by atoms with Gasteiger partial charge in [-0.05, 0) is 50.4 Å². The van der Waals surface area contributed by atoms with Crippen LogP contribution in [0.4, 0.5) is 4.39 Å². The molecule has 0 aromatic heterocycles. The van der Waals surface area contributed by atoms with E-state index in [4.69, 9.17) is 16.3 Å². The van der Waals surface area contributed by atoms with Gasteiger partial charge in [0.05, 0.1) is 10.6 Å². The normalized spacial score (nSPS) is 15.9. The summed E-state index contributed by atoms with van der Waals surface area (Å²) in [5.41, 5.74) is 0.762. The van der Waals surface area contributed by atoms with Crippen LogP contribution in [0.3, 0.4) is 0 Å². The summed E-state index contributed by atoms with van der Waals surface area (Å²) in [6.45, 7) is 7.28. The van der Waals surface area contributed by atoms with Gasteiger partial charge >= 0.3 is 0 Å². The van der Waals surface area contributed by atoms with Gasteiger partial charge in [-0.25, -0.2) is 4.39 Å². The van der Waals surface area contributed by atoms with Crippen LogP contribution in [0.1, 0.15) is 39.2 Å². The van der Waals surface area contributed by atoms with Gasteiger partial charge in [-0.1, -0.05) is 31.5 Å². The second kappa shape index (κ2) is 7.96. The van der Waals surface area contributed by atoms with Crippen molar-refractivity contribution in [1.82, 2.24) is 5.32 Å². The Bertz CT molecular complexity index is 421. The molecular weight excluding hydrogens is 277 g/mol. The van der Waals surface area contributed by atoms with Gasteiger partial charge in [0.15, 0.2) is 0 Å². The molecule has 0 aliphatic carbocycles. The van der Waals surface area contributed by atoms with E-state index < -0.39 is 0 Å². The van der Waals surface area contributed by atoms with E-state index in [9.17, 15) is 4.39 Å². The first kappa shape index (κ1) is 17.4. The lowest BCUT2D eigenvalue weighted by Crippen LogP contribution is -2.51. The maximum absolute atomic E-state index is 13.2. The highest BCUT2D eigenvalue weighted by atomic mass is 35.5. The molecule has 1 N–H and O–H groups in total. The third-order valence-corrected chi connectivity index (χ3v) is 4.26. The lowest BCUT2D eigenvalue weighted by atomic mass is 9.88. The van der Waals surface area contributed by atoms with Crippen LogP contribution in [0.15, 0.2) is 18.2 Å². The van der Waals surface area contributed by atoms with Crippen LogP contribution in [0.5, 0.6) is 0 Å². The summed E-state index contributed by atoms with van der Waals surface area (Å²) in [4.78, 5) is 0. The molecule has 0 heterocycles. The number of hydrogen-bond donors (Lipinski definition) is 1. The quantitative estimate of drug-likeness (QED) is 0.777. The van der Waals surface area contributed by atoms with Gasteiger partial charge in [-0.2, -0.15) is 0 Å². The van der Waals surface area contributed by atoms with Crippen molar-refractivity contribution >= 4 is 11.6 Å². The molecule has 0 saturated heterocycles. The zero-order valence-corrected chi connectivity index (χ0v) is 13.6. The summed E-state index contributed by atoms with van der Waals surface area (Å²) < 4.78 is 18.9. The van der Waals surface area contributed by atoms with E-state index in [1.165, 1.54) is 6.07 Å². The summed E-state index contributed by atoms with van der Waals surface area (Å²) in [5, 5.41) is 3.71. The SMILES string of the molecule is CCCNC(Cc1ccc(F)c(Cl)c1)C(C)(CC)OC. The molecule has 2 atom stereocenters. The summed E-state index contributed by atoms with van der Waals surface area (Å²) in [5.74, 6) is -0.376. The summed E-state index contributed by atoms with van der Waals surface area (Å²) in [6, 6.07) is 5.07. The third-order valence-electron chi connectivity index (χ3n) is 3.97. The molecule has 0 bridgehead atoms. The van der Waals surface area contributed by atoms with Crippen molar-refractivity contribution in [2.45, 2.75) is 51.7 Å². The number of nitrogens with one attached hydrogen (secondary N) is 1. The monoisotopic (exact) mass is 301 g/mol. The molecule has 2 nitrogen and oxygen atoms in total. The molecule has 0 saturated carbocycles. The van der Waals surface area contributed by atoms with Crippen molar-refractivity contribution in [1.29, 1.82) is 0 Å². The second-order valence-corrected chi connectivity index (χ2v) is 5.74. The molecule has 20 heavy (non-hydrogen) atoms. The molecule has 0 aliphatic rings. The Kier molecular flexibility index (Phi) is 6.93. The number of ether oxygens (including phenoxy) is 1. The van der Waals surface area contributed by atoms with Gasteiger partial charge in [0.25, 0.3) is 0 Å². The van der Waals surface area contributed by atoms with Gasteiger partial charge in [0.2, 0.25) is 0 Å². The summed E-state index contributed by atoms with van der Waals surface area (Å²) >= 11 is 5.86. The van der Waals surface area contributed by atoms with Crippen LogP contribution in [0.25, 0.3) is 0 Å². The highest BCUT2D eigenvalue weighted by Crippen LogP contribution is 2.24. The Morgan fingerprint density at radius 2 is 2.10 bits per heavy atom. The van der Waals surface area contributed by atoms with Crippen molar-refractivity contribution in [3.63, 3.8) is 0 Å². The van der Waals surface area contributed by atoms with Crippen molar-refractivity contribution < 1.29 is 9.13 Å². The Hall–Kier alpha value is -0.640. The Balaban J connectivity index is 2.90. The minimum absolute atomic E-state index is 0.166. The lowest BCUT2D eigenvalue weighted by Gasteiger charge is -2.36. The first-order valence-corrected chi connectivity index (χ1v) is 7.57. The molecule has 0 aliphatic heterocycles. The molecule has 1 rings (SSSR count). The largest absolute Gasteiger partial charge is 0.377 e. The third kappa shape index (κ3) is 4.44. The van der Waals surface area contributed by atoms with E-state index in [2.05, 4.69) is 26.1 Å². The molecule has 0 radical (unpaired) electrons. The smallest absolute Gasteiger partial charge is 0.141 e. The lowest BCUT2D eigenvalue weighted by molar-refractivity contribution is -0.0287. The van der Waals surface area contributed by atoms with Crippen molar-refractivity contribution in [2.75, 3.05) is 13.7 Å². The van der Waals surface area contributed by atoms with E-state index in [0.717, 1.165) is 31.4 Å².